The van der Waals surface area contributed by atoms with Crippen molar-refractivity contribution < 1.29 is 18.7 Å². The van der Waals surface area contributed by atoms with E-state index in [1.54, 1.807) is 0 Å². The fourth-order valence-corrected chi connectivity index (χ4v) is 3.42. The summed E-state index contributed by atoms with van der Waals surface area (Å²) in [6, 6.07) is 13.0. The molecule has 3 aromatic rings. The first-order valence-electron chi connectivity index (χ1n) is 9.03. The largest absolute Gasteiger partial charge is 0.467 e. The van der Waals surface area contributed by atoms with Crippen molar-refractivity contribution >= 4 is 16.8 Å². The number of aromatic nitrogens is 1. The minimum absolute atomic E-state index is 0.0256. The maximum atomic E-state index is 13.7. The minimum Gasteiger partial charge on any atom is -0.467 e. The Morgan fingerprint density at radius 2 is 2.11 bits per heavy atom. The summed E-state index contributed by atoms with van der Waals surface area (Å²) >= 11 is 0. The van der Waals surface area contributed by atoms with E-state index in [9.17, 15) is 9.18 Å². The highest BCUT2D eigenvalue weighted by Crippen LogP contribution is 2.29. The van der Waals surface area contributed by atoms with Crippen LogP contribution in [0.4, 0.5) is 4.39 Å². The number of aryl methyl sites for hydroxylation is 1. The van der Waals surface area contributed by atoms with Gasteiger partial charge in [0.05, 0.1) is 6.61 Å². The second-order valence-electron chi connectivity index (χ2n) is 6.58. The van der Waals surface area contributed by atoms with Crippen molar-refractivity contribution in [3.63, 3.8) is 0 Å². The van der Waals surface area contributed by atoms with Crippen molar-refractivity contribution in [3.8, 4) is 5.75 Å². The van der Waals surface area contributed by atoms with Gasteiger partial charge >= 0.3 is 0 Å². The first-order valence-corrected chi connectivity index (χ1v) is 9.03. The van der Waals surface area contributed by atoms with E-state index in [1.807, 2.05) is 30.5 Å². The van der Waals surface area contributed by atoms with Crippen LogP contribution in [0.3, 0.4) is 0 Å². The van der Waals surface area contributed by atoms with Crippen molar-refractivity contribution in [3.05, 3.63) is 65.6 Å². The average Bonchev–Trinajstić information content (AvgIpc) is 3.09. The lowest BCUT2D eigenvalue weighted by atomic mass is 10.1. The highest BCUT2D eigenvalue weighted by atomic mass is 19.1. The number of nitrogens with one attached hydrogen (secondary N) is 1. The topological polar surface area (TPSA) is 52.5 Å². The molecular weight excluding hydrogens is 347 g/mol. The van der Waals surface area contributed by atoms with E-state index in [-0.39, 0.29) is 18.5 Å². The molecule has 0 fully saturated rings. The number of carbonyl (C=O) groups is 1. The molecule has 27 heavy (non-hydrogen) atoms. The number of hydrogen-bond donors (Lipinski definition) is 1. The number of halogens is 1. The third-order valence-electron chi connectivity index (χ3n) is 4.73. The van der Waals surface area contributed by atoms with Gasteiger partial charge in [0.15, 0.2) is 6.79 Å². The first kappa shape index (κ1) is 17.5. The molecule has 1 aliphatic rings. The van der Waals surface area contributed by atoms with Gasteiger partial charge in [-0.15, -0.1) is 0 Å². The van der Waals surface area contributed by atoms with Gasteiger partial charge in [0, 0.05) is 36.8 Å². The van der Waals surface area contributed by atoms with Gasteiger partial charge in [-0.3, -0.25) is 4.79 Å². The molecule has 2 heterocycles. The summed E-state index contributed by atoms with van der Waals surface area (Å²) in [5.41, 5.74) is 2.59. The predicted octanol–water partition coefficient (Wildman–Crippen LogP) is 3.40. The maximum absolute atomic E-state index is 13.7. The van der Waals surface area contributed by atoms with Crippen LogP contribution < -0.4 is 10.1 Å². The predicted molar refractivity (Wildman–Crippen MR) is 100.0 cm³/mol. The molecule has 0 unspecified atom stereocenters. The molecule has 0 radical (unpaired) electrons. The fourth-order valence-electron chi connectivity index (χ4n) is 3.42. The number of para-hydroxylation sites is 1. The zero-order valence-electron chi connectivity index (χ0n) is 14.9. The third-order valence-corrected chi connectivity index (χ3v) is 4.73. The molecule has 0 aliphatic carbocycles. The van der Waals surface area contributed by atoms with Crippen LogP contribution in [0.25, 0.3) is 10.9 Å². The summed E-state index contributed by atoms with van der Waals surface area (Å²) in [5, 5.41) is 4.07. The molecule has 5 nitrogen and oxygen atoms in total. The lowest BCUT2D eigenvalue weighted by Gasteiger charge is -2.21. The molecule has 1 aliphatic heterocycles. The van der Waals surface area contributed by atoms with E-state index < -0.39 is 0 Å². The standard InChI is InChI=1S/C21H21FN2O3/c22-18-11-16(21-17(12-18)13-26-14-27-21)5-8-23-20(25)7-10-24-9-6-15-3-1-2-4-19(15)24/h1-4,6,9,11-12H,5,7-8,10,13-14H2,(H,23,25). The minimum atomic E-state index is -0.316. The van der Waals surface area contributed by atoms with E-state index in [2.05, 4.69) is 16.0 Å². The SMILES string of the molecule is O=C(CCn1ccc2ccccc21)NCCc1cc(F)cc2c1OCOC2. The molecule has 6 heteroatoms. The number of nitrogens with zero attached hydrogens (tertiary/aromatic N) is 1. The molecule has 1 N–H and O–H groups in total. The van der Waals surface area contributed by atoms with Crippen molar-refractivity contribution in [1.29, 1.82) is 0 Å². The monoisotopic (exact) mass is 368 g/mol. The first-order chi connectivity index (χ1) is 13.2. The summed E-state index contributed by atoms with van der Waals surface area (Å²) in [7, 11) is 0. The summed E-state index contributed by atoms with van der Waals surface area (Å²) in [5.74, 6) is 0.335. The number of ether oxygens (including phenoxy) is 2. The van der Waals surface area contributed by atoms with Gasteiger partial charge in [0.25, 0.3) is 0 Å². The van der Waals surface area contributed by atoms with Crippen LogP contribution >= 0.6 is 0 Å². The normalized spacial score (nSPS) is 13.2. The highest BCUT2D eigenvalue weighted by Gasteiger charge is 2.17. The van der Waals surface area contributed by atoms with Crippen LogP contribution in [0.2, 0.25) is 0 Å². The fraction of sp³-hybridized carbons (Fsp3) is 0.286. The Kier molecular flexibility index (Phi) is 5.07. The van der Waals surface area contributed by atoms with Gasteiger partial charge in [-0.25, -0.2) is 4.39 Å². The van der Waals surface area contributed by atoms with Gasteiger partial charge in [-0.05, 0) is 41.6 Å². The zero-order valence-corrected chi connectivity index (χ0v) is 14.9. The summed E-state index contributed by atoms with van der Waals surface area (Å²) in [4.78, 5) is 12.2. The Balaban J connectivity index is 1.31. The van der Waals surface area contributed by atoms with E-state index in [1.165, 1.54) is 12.1 Å². The van der Waals surface area contributed by atoms with E-state index >= 15 is 0 Å². The molecule has 0 atom stereocenters. The molecule has 1 amide bonds. The Labute approximate surface area is 156 Å². The van der Waals surface area contributed by atoms with E-state index in [4.69, 9.17) is 9.47 Å². The summed E-state index contributed by atoms with van der Waals surface area (Å²) < 4.78 is 26.5. The van der Waals surface area contributed by atoms with Crippen LogP contribution in [0.15, 0.2) is 48.7 Å². The Bertz CT molecular complexity index is 967. The van der Waals surface area contributed by atoms with Crippen molar-refractivity contribution in [1.82, 2.24) is 9.88 Å². The van der Waals surface area contributed by atoms with Crippen LogP contribution in [-0.2, 0) is 29.1 Å². The van der Waals surface area contributed by atoms with Crippen LogP contribution in [0, 0.1) is 5.82 Å². The summed E-state index contributed by atoms with van der Waals surface area (Å²) in [6.07, 6.45) is 2.90. The number of fused-ring (bicyclic) bond motifs is 2. The molecule has 1 aromatic heterocycles. The quantitative estimate of drug-likeness (QED) is 0.726. The smallest absolute Gasteiger partial charge is 0.221 e. The van der Waals surface area contributed by atoms with Gasteiger partial charge in [0.1, 0.15) is 11.6 Å². The highest BCUT2D eigenvalue weighted by molar-refractivity contribution is 5.80. The molecular formula is C21H21FN2O3. The number of hydrogen-bond acceptors (Lipinski definition) is 3. The summed E-state index contributed by atoms with van der Waals surface area (Å²) in [6.45, 7) is 1.57. The Morgan fingerprint density at radius 1 is 1.22 bits per heavy atom. The molecule has 140 valence electrons. The molecule has 0 bridgehead atoms. The lowest BCUT2D eigenvalue weighted by molar-refractivity contribution is -0.121. The van der Waals surface area contributed by atoms with Gasteiger partial charge < -0.3 is 19.4 Å². The van der Waals surface area contributed by atoms with Gasteiger partial charge in [0.2, 0.25) is 5.91 Å². The van der Waals surface area contributed by atoms with Crippen molar-refractivity contribution in [2.24, 2.45) is 0 Å². The molecule has 2 aromatic carbocycles. The Morgan fingerprint density at radius 3 is 3.04 bits per heavy atom. The second kappa shape index (κ2) is 7.80. The number of carbonyl (C=O) groups excluding carboxylic acids is 1. The van der Waals surface area contributed by atoms with Gasteiger partial charge in [-0.1, -0.05) is 18.2 Å². The Hall–Kier alpha value is -2.86. The molecule has 0 saturated heterocycles. The average molecular weight is 368 g/mol. The van der Waals surface area contributed by atoms with E-state index in [0.29, 0.717) is 43.9 Å². The molecule has 0 saturated carbocycles. The molecule has 0 spiro atoms. The van der Waals surface area contributed by atoms with Gasteiger partial charge in [-0.2, -0.15) is 0 Å². The number of rotatable bonds is 6. The van der Waals surface area contributed by atoms with Crippen LogP contribution in [0.1, 0.15) is 17.5 Å². The van der Waals surface area contributed by atoms with Crippen LogP contribution in [-0.4, -0.2) is 23.8 Å². The lowest BCUT2D eigenvalue weighted by Crippen LogP contribution is -2.27. The molecule has 4 rings (SSSR count). The maximum Gasteiger partial charge on any atom is 0.221 e. The second-order valence-corrected chi connectivity index (χ2v) is 6.58. The van der Waals surface area contributed by atoms with Crippen molar-refractivity contribution in [2.75, 3.05) is 13.3 Å². The zero-order chi connectivity index (χ0) is 18.6. The van der Waals surface area contributed by atoms with E-state index in [0.717, 1.165) is 16.5 Å². The number of benzene rings is 2. The number of amides is 1. The van der Waals surface area contributed by atoms with Crippen molar-refractivity contribution in [2.45, 2.75) is 26.0 Å². The third kappa shape index (κ3) is 3.95. The van der Waals surface area contributed by atoms with Crippen LogP contribution in [0.5, 0.6) is 5.75 Å².